The van der Waals surface area contributed by atoms with Crippen LogP contribution in [0.25, 0.3) is 11.4 Å². The number of carbonyl (C=O) groups excluding carboxylic acids is 1. The highest BCUT2D eigenvalue weighted by atomic mass is 32.2. The normalized spacial score (nSPS) is 10.7. The maximum atomic E-state index is 13.7. The summed E-state index contributed by atoms with van der Waals surface area (Å²) in [5, 5.41) is 12.4. The van der Waals surface area contributed by atoms with E-state index < -0.39 is 0 Å². The minimum absolute atomic E-state index is 0.151. The summed E-state index contributed by atoms with van der Waals surface area (Å²) in [6.07, 6.45) is 0. The molecule has 0 bridgehead atoms. The van der Waals surface area contributed by atoms with Crippen molar-refractivity contribution in [1.82, 2.24) is 20.2 Å². The topological polar surface area (TPSA) is 83.6 Å². The third-order valence-electron chi connectivity index (χ3n) is 2.78. The molecule has 1 amide bonds. The summed E-state index contributed by atoms with van der Waals surface area (Å²) < 4.78 is 13.7. The van der Waals surface area contributed by atoms with Crippen LogP contribution in [0.3, 0.4) is 0 Å². The third-order valence-corrected chi connectivity index (χ3v) is 4.47. The van der Waals surface area contributed by atoms with Crippen molar-refractivity contribution >= 4 is 34.1 Å². The average molecular weight is 349 g/mol. The molecule has 0 unspecified atom stereocenters. The van der Waals surface area contributed by atoms with E-state index in [0.29, 0.717) is 27.4 Å². The molecule has 3 rings (SSSR count). The van der Waals surface area contributed by atoms with Crippen molar-refractivity contribution in [3.63, 3.8) is 0 Å². The van der Waals surface area contributed by atoms with Gasteiger partial charge in [0.2, 0.25) is 11.1 Å². The number of aromatic nitrogens is 4. The van der Waals surface area contributed by atoms with Crippen molar-refractivity contribution in [2.45, 2.75) is 17.8 Å². The number of nitrogens with one attached hydrogen (secondary N) is 2. The van der Waals surface area contributed by atoms with E-state index in [4.69, 9.17) is 0 Å². The molecule has 0 aliphatic carbocycles. The number of benzene rings is 1. The molecule has 9 heteroatoms. The maximum Gasteiger partial charge on any atom is 0.223 e. The van der Waals surface area contributed by atoms with E-state index in [1.54, 1.807) is 18.2 Å². The van der Waals surface area contributed by atoms with Gasteiger partial charge in [-0.15, -0.1) is 16.4 Å². The molecule has 23 heavy (non-hydrogen) atoms. The third kappa shape index (κ3) is 3.93. The summed E-state index contributed by atoms with van der Waals surface area (Å²) in [7, 11) is 0. The van der Waals surface area contributed by atoms with Crippen molar-refractivity contribution in [3.8, 4) is 11.4 Å². The molecule has 2 aromatic heterocycles. The first-order valence-electron chi connectivity index (χ1n) is 6.64. The fourth-order valence-electron chi connectivity index (χ4n) is 1.80. The SMILES string of the molecule is CC(=O)Nc1nc(CSc2n[nH]c(-c3ccccc3F)n2)cs1. The van der Waals surface area contributed by atoms with Crippen LogP contribution < -0.4 is 5.32 Å². The predicted octanol–water partition coefficient (Wildman–Crippen LogP) is 3.32. The largest absolute Gasteiger partial charge is 0.302 e. The van der Waals surface area contributed by atoms with Crippen LogP contribution >= 0.6 is 23.1 Å². The molecule has 0 atom stereocenters. The smallest absolute Gasteiger partial charge is 0.223 e. The lowest BCUT2D eigenvalue weighted by Gasteiger charge is -1.96. The molecule has 0 spiro atoms. The van der Waals surface area contributed by atoms with E-state index in [9.17, 15) is 9.18 Å². The Balaban J connectivity index is 1.64. The van der Waals surface area contributed by atoms with Crippen molar-refractivity contribution in [3.05, 3.63) is 41.2 Å². The van der Waals surface area contributed by atoms with Gasteiger partial charge in [0.15, 0.2) is 11.0 Å². The van der Waals surface area contributed by atoms with Gasteiger partial charge in [0.05, 0.1) is 11.3 Å². The molecular formula is C14H12FN5OS2. The Morgan fingerprint density at radius 1 is 1.39 bits per heavy atom. The van der Waals surface area contributed by atoms with Crippen LogP contribution in [-0.4, -0.2) is 26.1 Å². The van der Waals surface area contributed by atoms with Gasteiger partial charge in [-0.1, -0.05) is 23.9 Å². The molecule has 0 aliphatic heterocycles. The number of H-pyrrole nitrogens is 1. The van der Waals surface area contributed by atoms with Crippen molar-refractivity contribution < 1.29 is 9.18 Å². The average Bonchev–Trinajstić information content (AvgIpc) is 3.14. The van der Waals surface area contributed by atoms with Gasteiger partial charge in [0.25, 0.3) is 0 Å². The molecule has 0 saturated carbocycles. The Hall–Kier alpha value is -2.26. The van der Waals surface area contributed by atoms with Crippen molar-refractivity contribution in [2.75, 3.05) is 5.32 Å². The second-order valence-electron chi connectivity index (χ2n) is 4.56. The van der Waals surface area contributed by atoms with Gasteiger partial charge in [-0.2, -0.15) is 0 Å². The molecule has 2 N–H and O–H groups in total. The van der Waals surface area contributed by atoms with Crippen LogP contribution in [-0.2, 0) is 10.5 Å². The van der Waals surface area contributed by atoms with Gasteiger partial charge in [-0.3, -0.25) is 9.89 Å². The zero-order valence-corrected chi connectivity index (χ0v) is 13.7. The second kappa shape index (κ2) is 6.88. The Labute approximate surface area is 139 Å². The van der Waals surface area contributed by atoms with Gasteiger partial charge in [0.1, 0.15) is 5.82 Å². The molecule has 6 nitrogen and oxygen atoms in total. The van der Waals surface area contributed by atoms with Gasteiger partial charge < -0.3 is 5.32 Å². The van der Waals surface area contributed by atoms with E-state index in [0.717, 1.165) is 5.69 Å². The number of halogens is 1. The summed E-state index contributed by atoms with van der Waals surface area (Å²) in [4.78, 5) is 19.5. The minimum Gasteiger partial charge on any atom is -0.302 e. The monoisotopic (exact) mass is 349 g/mol. The summed E-state index contributed by atoms with van der Waals surface area (Å²) in [5.74, 6) is 0.453. The van der Waals surface area contributed by atoms with E-state index >= 15 is 0 Å². The van der Waals surface area contributed by atoms with Crippen LogP contribution in [0.5, 0.6) is 0 Å². The van der Waals surface area contributed by atoms with Crippen LogP contribution in [0.15, 0.2) is 34.8 Å². The number of hydrogen-bond acceptors (Lipinski definition) is 6. The summed E-state index contributed by atoms with van der Waals surface area (Å²) >= 11 is 2.75. The van der Waals surface area contributed by atoms with Crippen molar-refractivity contribution in [1.29, 1.82) is 0 Å². The van der Waals surface area contributed by atoms with Crippen LogP contribution in [0.4, 0.5) is 9.52 Å². The standard InChI is InChI=1S/C14H12FN5OS2/c1-8(21)16-13-17-9(6-22-13)7-23-14-18-12(19-20-14)10-4-2-3-5-11(10)15/h2-6H,7H2,1H3,(H,16,17,21)(H,18,19,20). The lowest BCUT2D eigenvalue weighted by Crippen LogP contribution is -2.05. The molecular weight excluding hydrogens is 337 g/mol. The van der Waals surface area contributed by atoms with Crippen LogP contribution in [0.2, 0.25) is 0 Å². The number of thioether (sulfide) groups is 1. The van der Waals surface area contributed by atoms with Gasteiger partial charge in [-0.25, -0.2) is 14.4 Å². The molecule has 2 heterocycles. The lowest BCUT2D eigenvalue weighted by molar-refractivity contribution is -0.114. The lowest BCUT2D eigenvalue weighted by atomic mass is 10.2. The van der Waals surface area contributed by atoms with E-state index in [1.807, 2.05) is 5.38 Å². The Morgan fingerprint density at radius 2 is 2.22 bits per heavy atom. The quantitative estimate of drug-likeness (QED) is 0.691. The van der Waals surface area contributed by atoms with E-state index in [2.05, 4.69) is 25.5 Å². The first-order valence-corrected chi connectivity index (χ1v) is 8.50. The molecule has 0 saturated heterocycles. The first-order chi connectivity index (χ1) is 11.1. The predicted molar refractivity (Wildman–Crippen MR) is 87.8 cm³/mol. The molecule has 0 fully saturated rings. The number of hydrogen-bond donors (Lipinski definition) is 2. The highest BCUT2D eigenvalue weighted by molar-refractivity contribution is 7.98. The molecule has 1 aromatic carbocycles. The van der Waals surface area contributed by atoms with Crippen LogP contribution in [0.1, 0.15) is 12.6 Å². The maximum absolute atomic E-state index is 13.7. The fraction of sp³-hybridized carbons (Fsp3) is 0.143. The fourth-order valence-corrected chi connectivity index (χ4v) is 3.36. The number of rotatable bonds is 5. The van der Waals surface area contributed by atoms with Gasteiger partial charge in [-0.05, 0) is 12.1 Å². The molecule has 118 valence electrons. The number of anilines is 1. The molecule has 0 radical (unpaired) electrons. The highest BCUT2D eigenvalue weighted by Gasteiger charge is 2.11. The van der Waals surface area contributed by atoms with Crippen LogP contribution in [0, 0.1) is 5.82 Å². The van der Waals surface area contributed by atoms with E-state index in [-0.39, 0.29) is 11.7 Å². The number of amides is 1. The Kier molecular flexibility index (Phi) is 4.68. The Bertz CT molecular complexity index is 832. The molecule has 3 aromatic rings. The number of carbonyl (C=O) groups is 1. The second-order valence-corrected chi connectivity index (χ2v) is 6.36. The Morgan fingerprint density at radius 3 is 3.00 bits per heavy atom. The highest BCUT2D eigenvalue weighted by Crippen LogP contribution is 2.25. The van der Waals surface area contributed by atoms with Crippen molar-refractivity contribution in [2.24, 2.45) is 0 Å². The first kappa shape index (κ1) is 15.6. The van der Waals surface area contributed by atoms with Gasteiger partial charge >= 0.3 is 0 Å². The molecule has 0 aliphatic rings. The van der Waals surface area contributed by atoms with E-state index in [1.165, 1.54) is 36.1 Å². The summed E-state index contributed by atoms with van der Waals surface area (Å²) in [6, 6.07) is 6.39. The summed E-state index contributed by atoms with van der Waals surface area (Å²) in [6.45, 7) is 1.44. The summed E-state index contributed by atoms with van der Waals surface area (Å²) in [5.41, 5.74) is 1.20. The number of nitrogens with zero attached hydrogens (tertiary/aromatic N) is 3. The van der Waals surface area contributed by atoms with Gasteiger partial charge in [0, 0.05) is 18.1 Å². The number of aromatic amines is 1. The zero-order valence-electron chi connectivity index (χ0n) is 12.0. The minimum atomic E-state index is -0.348. The number of thiazole rings is 1. The zero-order chi connectivity index (χ0) is 16.2.